The van der Waals surface area contributed by atoms with Crippen LogP contribution in [0.25, 0.3) is 11.1 Å². The van der Waals surface area contributed by atoms with Crippen LogP contribution < -0.4 is 5.32 Å². The van der Waals surface area contributed by atoms with Gasteiger partial charge in [0.1, 0.15) is 5.52 Å². The van der Waals surface area contributed by atoms with Crippen LogP contribution in [0.2, 0.25) is 0 Å². The highest BCUT2D eigenvalue weighted by atomic mass is 16.4. The average molecular weight is 246 g/mol. The number of oxazole rings is 1. The molecule has 2 aromatic rings. The first-order valence-electron chi connectivity index (χ1n) is 6.57. The van der Waals surface area contributed by atoms with Gasteiger partial charge in [-0.25, -0.2) is 0 Å². The first kappa shape index (κ1) is 11.5. The van der Waals surface area contributed by atoms with Gasteiger partial charge in [-0.05, 0) is 25.0 Å². The molecule has 0 unspecified atom stereocenters. The molecule has 1 aromatic carbocycles. The van der Waals surface area contributed by atoms with E-state index >= 15 is 0 Å². The molecule has 1 aliphatic rings. The Kier molecular flexibility index (Phi) is 2.96. The SMILES string of the molecule is OC1(CNc2nc3ccccc3o2)CCCCC1. The number of fused-ring (bicyclic) bond motifs is 1. The summed E-state index contributed by atoms with van der Waals surface area (Å²) in [6.45, 7) is 0.514. The van der Waals surface area contributed by atoms with E-state index in [0.717, 1.165) is 36.8 Å². The molecule has 0 amide bonds. The summed E-state index contributed by atoms with van der Waals surface area (Å²) < 4.78 is 5.57. The second kappa shape index (κ2) is 4.61. The summed E-state index contributed by atoms with van der Waals surface area (Å²) in [7, 11) is 0. The number of rotatable bonds is 3. The summed E-state index contributed by atoms with van der Waals surface area (Å²) in [5.74, 6) is 0. The first-order valence-corrected chi connectivity index (χ1v) is 6.57. The number of nitrogens with zero attached hydrogens (tertiary/aromatic N) is 1. The fourth-order valence-corrected chi connectivity index (χ4v) is 2.57. The van der Waals surface area contributed by atoms with E-state index in [0.29, 0.717) is 12.6 Å². The van der Waals surface area contributed by atoms with E-state index < -0.39 is 5.60 Å². The fraction of sp³-hybridized carbons (Fsp3) is 0.500. The Hall–Kier alpha value is -1.55. The highest BCUT2D eigenvalue weighted by Gasteiger charge is 2.29. The van der Waals surface area contributed by atoms with Gasteiger partial charge < -0.3 is 14.8 Å². The highest BCUT2D eigenvalue weighted by molar-refractivity contribution is 5.74. The zero-order valence-corrected chi connectivity index (χ0v) is 10.4. The third-order valence-corrected chi connectivity index (χ3v) is 3.65. The second-order valence-electron chi connectivity index (χ2n) is 5.13. The molecular formula is C14H18N2O2. The van der Waals surface area contributed by atoms with Crippen LogP contribution in [-0.2, 0) is 0 Å². The Morgan fingerprint density at radius 1 is 1.22 bits per heavy atom. The van der Waals surface area contributed by atoms with Crippen molar-refractivity contribution in [2.45, 2.75) is 37.7 Å². The Morgan fingerprint density at radius 2 is 2.00 bits per heavy atom. The minimum absolute atomic E-state index is 0.496. The van der Waals surface area contributed by atoms with Gasteiger partial charge in [0, 0.05) is 6.54 Å². The van der Waals surface area contributed by atoms with Crippen LogP contribution in [0.1, 0.15) is 32.1 Å². The van der Waals surface area contributed by atoms with Gasteiger partial charge in [-0.15, -0.1) is 0 Å². The molecule has 0 bridgehead atoms. The van der Waals surface area contributed by atoms with Gasteiger partial charge in [-0.3, -0.25) is 0 Å². The first-order chi connectivity index (χ1) is 8.75. The predicted molar refractivity (Wildman–Crippen MR) is 70.5 cm³/mol. The van der Waals surface area contributed by atoms with Gasteiger partial charge >= 0.3 is 0 Å². The monoisotopic (exact) mass is 246 g/mol. The molecule has 4 heteroatoms. The summed E-state index contributed by atoms with van der Waals surface area (Å²) in [6.07, 6.45) is 5.16. The maximum atomic E-state index is 10.4. The fourth-order valence-electron chi connectivity index (χ4n) is 2.57. The van der Waals surface area contributed by atoms with Crippen molar-refractivity contribution in [3.8, 4) is 0 Å². The largest absolute Gasteiger partial charge is 0.424 e. The van der Waals surface area contributed by atoms with Gasteiger partial charge in [-0.2, -0.15) is 4.98 Å². The number of aromatic nitrogens is 1. The van der Waals surface area contributed by atoms with Crippen molar-refractivity contribution >= 4 is 17.1 Å². The smallest absolute Gasteiger partial charge is 0.295 e. The Bertz CT molecular complexity index is 496. The second-order valence-corrected chi connectivity index (χ2v) is 5.13. The number of aliphatic hydroxyl groups is 1. The molecule has 2 N–H and O–H groups in total. The van der Waals surface area contributed by atoms with Crippen LogP contribution in [-0.4, -0.2) is 22.2 Å². The quantitative estimate of drug-likeness (QED) is 0.874. The zero-order valence-electron chi connectivity index (χ0n) is 10.4. The molecular weight excluding hydrogens is 228 g/mol. The summed E-state index contributed by atoms with van der Waals surface area (Å²) in [5, 5.41) is 13.5. The van der Waals surface area contributed by atoms with E-state index in [1.54, 1.807) is 0 Å². The standard InChI is InChI=1S/C14H18N2O2/c17-14(8-4-1-5-9-14)10-15-13-16-11-6-2-3-7-12(11)18-13/h2-3,6-7,17H,1,4-5,8-10H2,(H,15,16). The van der Waals surface area contributed by atoms with Crippen molar-refractivity contribution in [3.63, 3.8) is 0 Å². The minimum atomic E-state index is -0.598. The molecule has 1 fully saturated rings. The molecule has 1 saturated carbocycles. The molecule has 96 valence electrons. The number of para-hydroxylation sites is 2. The summed E-state index contributed by atoms with van der Waals surface area (Å²) in [5.41, 5.74) is 1.02. The molecule has 0 aliphatic heterocycles. The Morgan fingerprint density at radius 3 is 2.78 bits per heavy atom. The van der Waals surface area contributed by atoms with E-state index in [9.17, 15) is 5.11 Å². The lowest BCUT2D eigenvalue weighted by atomic mass is 9.85. The predicted octanol–water partition coefficient (Wildman–Crippen LogP) is 2.93. The van der Waals surface area contributed by atoms with Crippen molar-refractivity contribution in [2.24, 2.45) is 0 Å². The molecule has 18 heavy (non-hydrogen) atoms. The lowest BCUT2D eigenvalue weighted by Gasteiger charge is -2.31. The van der Waals surface area contributed by atoms with Crippen molar-refractivity contribution in [3.05, 3.63) is 24.3 Å². The van der Waals surface area contributed by atoms with Crippen LogP contribution in [0.15, 0.2) is 28.7 Å². The molecule has 1 aromatic heterocycles. The Labute approximate surface area is 106 Å². The molecule has 3 rings (SSSR count). The topological polar surface area (TPSA) is 58.3 Å². The molecule has 0 radical (unpaired) electrons. The van der Waals surface area contributed by atoms with Gasteiger partial charge in [0.25, 0.3) is 6.01 Å². The van der Waals surface area contributed by atoms with Gasteiger partial charge in [-0.1, -0.05) is 31.4 Å². The van der Waals surface area contributed by atoms with Crippen LogP contribution >= 0.6 is 0 Å². The molecule has 0 saturated heterocycles. The average Bonchev–Trinajstić information content (AvgIpc) is 2.80. The highest BCUT2D eigenvalue weighted by Crippen LogP contribution is 2.28. The van der Waals surface area contributed by atoms with E-state index in [2.05, 4.69) is 10.3 Å². The zero-order chi connectivity index (χ0) is 12.4. The van der Waals surface area contributed by atoms with Crippen LogP contribution in [0, 0.1) is 0 Å². The van der Waals surface area contributed by atoms with Gasteiger partial charge in [0.15, 0.2) is 5.58 Å². The molecule has 4 nitrogen and oxygen atoms in total. The van der Waals surface area contributed by atoms with Crippen LogP contribution in [0.4, 0.5) is 6.01 Å². The summed E-state index contributed by atoms with van der Waals surface area (Å²) >= 11 is 0. The maximum absolute atomic E-state index is 10.4. The van der Waals surface area contributed by atoms with Crippen molar-refractivity contribution in [2.75, 3.05) is 11.9 Å². The molecule has 0 atom stereocenters. The van der Waals surface area contributed by atoms with Crippen LogP contribution in [0.5, 0.6) is 0 Å². The molecule has 1 heterocycles. The molecule has 1 aliphatic carbocycles. The van der Waals surface area contributed by atoms with Crippen molar-refractivity contribution < 1.29 is 9.52 Å². The summed E-state index contributed by atoms with van der Waals surface area (Å²) in [4.78, 5) is 4.34. The number of nitrogens with one attached hydrogen (secondary N) is 1. The van der Waals surface area contributed by atoms with Gasteiger partial charge in [0.2, 0.25) is 0 Å². The Balaban J connectivity index is 1.69. The number of benzene rings is 1. The lowest BCUT2D eigenvalue weighted by molar-refractivity contribution is 0.0163. The van der Waals surface area contributed by atoms with E-state index in [4.69, 9.17) is 4.42 Å². The summed E-state index contributed by atoms with van der Waals surface area (Å²) in [6, 6.07) is 8.16. The number of hydrogen-bond donors (Lipinski definition) is 2. The van der Waals surface area contributed by atoms with E-state index in [1.807, 2.05) is 24.3 Å². The van der Waals surface area contributed by atoms with E-state index in [-0.39, 0.29) is 0 Å². The van der Waals surface area contributed by atoms with Crippen LogP contribution in [0.3, 0.4) is 0 Å². The minimum Gasteiger partial charge on any atom is -0.424 e. The third-order valence-electron chi connectivity index (χ3n) is 3.65. The van der Waals surface area contributed by atoms with Crippen molar-refractivity contribution in [1.82, 2.24) is 4.98 Å². The van der Waals surface area contributed by atoms with E-state index in [1.165, 1.54) is 6.42 Å². The molecule has 0 spiro atoms. The van der Waals surface area contributed by atoms with Crippen molar-refractivity contribution in [1.29, 1.82) is 0 Å². The van der Waals surface area contributed by atoms with Gasteiger partial charge in [0.05, 0.1) is 5.60 Å². The normalized spacial score (nSPS) is 18.9. The number of anilines is 1. The third kappa shape index (κ3) is 2.34. The number of hydrogen-bond acceptors (Lipinski definition) is 4. The lowest BCUT2D eigenvalue weighted by Crippen LogP contribution is -2.38. The maximum Gasteiger partial charge on any atom is 0.295 e.